The molecule has 0 spiro atoms. The van der Waals surface area contributed by atoms with Crippen molar-refractivity contribution in [3.8, 4) is 0 Å². The second kappa shape index (κ2) is 8.74. The topological polar surface area (TPSA) is 110 Å². The molecule has 0 atom stereocenters. The molecular formula is C23H24N2O6S. The van der Waals surface area contributed by atoms with Gasteiger partial charge in [-0.25, -0.2) is 17.5 Å². The van der Waals surface area contributed by atoms with E-state index in [1.54, 1.807) is 0 Å². The Kier molecular flexibility index (Phi) is 6.01. The predicted octanol–water partition coefficient (Wildman–Crippen LogP) is 2.21. The number of nitrogens with zero attached hydrogens (tertiary/aromatic N) is 1. The minimum atomic E-state index is -3.94. The number of sulfonamides is 1. The van der Waals surface area contributed by atoms with Crippen molar-refractivity contribution < 1.29 is 27.5 Å². The molecule has 2 amide bonds. The van der Waals surface area contributed by atoms with E-state index < -0.39 is 21.9 Å². The first-order valence-electron chi connectivity index (χ1n) is 10.5. The number of benzene rings is 2. The van der Waals surface area contributed by atoms with Crippen molar-refractivity contribution >= 4 is 27.8 Å². The monoisotopic (exact) mass is 456 g/mol. The summed E-state index contributed by atoms with van der Waals surface area (Å²) < 4.78 is 31.4. The number of carbonyl (C=O) groups is 3. The van der Waals surface area contributed by atoms with Crippen LogP contribution in [-0.2, 0) is 26.0 Å². The molecule has 1 saturated carbocycles. The second-order valence-corrected chi connectivity index (χ2v) is 9.80. The third-order valence-electron chi connectivity index (χ3n) is 5.48. The van der Waals surface area contributed by atoms with Gasteiger partial charge >= 0.3 is 5.97 Å². The van der Waals surface area contributed by atoms with Crippen LogP contribution in [0.3, 0.4) is 0 Å². The highest BCUT2D eigenvalue weighted by Crippen LogP contribution is 2.39. The van der Waals surface area contributed by atoms with E-state index in [0.29, 0.717) is 25.7 Å². The van der Waals surface area contributed by atoms with Gasteiger partial charge in [0.1, 0.15) is 11.5 Å². The molecule has 1 heterocycles. The van der Waals surface area contributed by atoms with Crippen LogP contribution in [0.5, 0.6) is 0 Å². The molecule has 32 heavy (non-hydrogen) atoms. The Morgan fingerprint density at radius 1 is 1.12 bits per heavy atom. The fraction of sp³-hybridized carbons (Fsp3) is 0.348. The molecule has 2 aromatic rings. The van der Waals surface area contributed by atoms with E-state index in [2.05, 4.69) is 5.32 Å². The summed E-state index contributed by atoms with van der Waals surface area (Å²) in [6, 6.07) is 11.6. The molecule has 0 saturated heterocycles. The number of hydrogen-bond donors (Lipinski definition) is 1. The van der Waals surface area contributed by atoms with E-state index in [4.69, 9.17) is 4.74 Å². The summed E-state index contributed by atoms with van der Waals surface area (Å²) in [5.74, 6) is -1.41. The van der Waals surface area contributed by atoms with Gasteiger partial charge in [0.05, 0.1) is 17.7 Å². The van der Waals surface area contributed by atoms with Crippen LogP contribution < -0.4 is 5.32 Å². The number of esters is 1. The summed E-state index contributed by atoms with van der Waals surface area (Å²) in [5.41, 5.74) is 2.35. The molecule has 1 fully saturated rings. The summed E-state index contributed by atoms with van der Waals surface area (Å²) in [6.07, 6.45) is 2.26. The normalized spacial score (nSPS) is 16.5. The van der Waals surface area contributed by atoms with Gasteiger partial charge in [-0.3, -0.25) is 9.59 Å². The number of amides is 2. The summed E-state index contributed by atoms with van der Waals surface area (Å²) in [6.45, 7) is 2.10. The lowest BCUT2D eigenvalue weighted by Gasteiger charge is -2.13. The zero-order chi connectivity index (χ0) is 22.9. The number of aryl methyl sites for hydroxylation is 2. The Bertz CT molecular complexity index is 1170. The average molecular weight is 457 g/mol. The van der Waals surface area contributed by atoms with Gasteiger partial charge in [-0.05, 0) is 49.9 Å². The highest BCUT2D eigenvalue weighted by Gasteiger charge is 2.48. The van der Waals surface area contributed by atoms with Gasteiger partial charge in [-0.1, -0.05) is 29.8 Å². The Hall–Kier alpha value is -3.20. The Labute approximate surface area is 186 Å². The number of carbonyl (C=O) groups excluding carboxylic acids is 3. The van der Waals surface area contributed by atoms with Gasteiger partial charge in [-0.2, -0.15) is 0 Å². The van der Waals surface area contributed by atoms with Crippen LogP contribution in [0, 0.1) is 6.92 Å². The second-order valence-electron chi connectivity index (χ2n) is 8.02. The van der Waals surface area contributed by atoms with Crippen molar-refractivity contribution in [3.63, 3.8) is 0 Å². The number of fused-ring (bicyclic) bond motifs is 1. The summed E-state index contributed by atoms with van der Waals surface area (Å²) >= 11 is 0. The van der Waals surface area contributed by atoms with E-state index in [0.717, 1.165) is 15.4 Å². The summed E-state index contributed by atoms with van der Waals surface area (Å²) in [4.78, 5) is 36.5. The first-order chi connectivity index (χ1) is 15.3. The van der Waals surface area contributed by atoms with E-state index in [1.165, 1.54) is 18.2 Å². The first-order valence-corrected chi connectivity index (χ1v) is 11.9. The standard InChI is InChI=1S/C23H24N2O6S/c1-15-2-4-16(5-3-15)6-11-21(26)24-12-13-31-23(28)17-7-10-19-20(14-17)32(29,30)25(22(19)27)18-8-9-18/h2-5,7,10,14,18H,6,8-9,11-13H2,1H3,(H,24,26). The maximum atomic E-state index is 12.7. The molecule has 4 rings (SSSR count). The Morgan fingerprint density at radius 2 is 1.84 bits per heavy atom. The predicted molar refractivity (Wildman–Crippen MR) is 116 cm³/mol. The maximum absolute atomic E-state index is 12.7. The lowest BCUT2D eigenvalue weighted by atomic mass is 10.1. The minimum Gasteiger partial charge on any atom is -0.460 e. The third kappa shape index (κ3) is 4.52. The summed E-state index contributed by atoms with van der Waals surface area (Å²) in [7, 11) is -3.94. The van der Waals surface area contributed by atoms with Gasteiger partial charge in [0, 0.05) is 12.5 Å². The highest BCUT2D eigenvalue weighted by atomic mass is 32.2. The smallest absolute Gasteiger partial charge is 0.338 e. The first kappa shape index (κ1) is 22.0. The summed E-state index contributed by atoms with van der Waals surface area (Å²) in [5, 5.41) is 2.69. The molecule has 1 N–H and O–H groups in total. The van der Waals surface area contributed by atoms with Crippen molar-refractivity contribution in [1.82, 2.24) is 9.62 Å². The van der Waals surface area contributed by atoms with Gasteiger partial charge in [0.15, 0.2) is 0 Å². The van der Waals surface area contributed by atoms with E-state index in [-0.39, 0.29) is 41.1 Å². The van der Waals surface area contributed by atoms with Crippen molar-refractivity contribution in [3.05, 3.63) is 64.7 Å². The molecule has 0 radical (unpaired) electrons. The zero-order valence-electron chi connectivity index (χ0n) is 17.7. The molecule has 8 nitrogen and oxygen atoms in total. The number of nitrogens with one attached hydrogen (secondary N) is 1. The molecule has 1 aliphatic heterocycles. The lowest BCUT2D eigenvalue weighted by molar-refractivity contribution is -0.121. The van der Waals surface area contributed by atoms with E-state index in [1.807, 2.05) is 31.2 Å². The SMILES string of the molecule is Cc1ccc(CCC(=O)NCCOC(=O)c2ccc3c(c2)S(=O)(=O)N(C2CC2)C3=O)cc1. The zero-order valence-corrected chi connectivity index (χ0v) is 18.5. The van der Waals surface area contributed by atoms with Crippen molar-refractivity contribution in [2.75, 3.05) is 13.2 Å². The van der Waals surface area contributed by atoms with E-state index >= 15 is 0 Å². The van der Waals surface area contributed by atoms with E-state index in [9.17, 15) is 22.8 Å². The van der Waals surface area contributed by atoms with Gasteiger partial charge in [0.25, 0.3) is 15.9 Å². The molecule has 1 aliphatic carbocycles. The third-order valence-corrected chi connectivity index (χ3v) is 7.36. The largest absolute Gasteiger partial charge is 0.460 e. The average Bonchev–Trinajstić information content (AvgIpc) is 3.57. The minimum absolute atomic E-state index is 0.0449. The van der Waals surface area contributed by atoms with Crippen molar-refractivity contribution in [2.24, 2.45) is 0 Å². The van der Waals surface area contributed by atoms with Crippen LogP contribution in [0.1, 0.15) is 51.1 Å². The molecule has 2 aliphatic rings. The number of hydrogen-bond acceptors (Lipinski definition) is 6. The van der Waals surface area contributed by atoms with Gasteiger partial charge in [0.2, 0.25) is 5.91 Å². The molecule has 9 heteroatoms. The van der Waals surface area contributed by atoms with Crippen LogP contribution in [0.25, 0.3) is 0 Å². The Balaban J connectivity index is 1.26. The number of rotatable bonds is 8. The van der Waals surface area contributed by atoms with Crippen LogP contribution in [0.15, 0.2) is 47.4 Å². The Morgan fingerprint density at radius 3 is 2.53 bits per heavy atom. The fourth-order valence-corrected chi connectivity index (χ4v) is 5.40. The van der Waals surface area contributed by atoms with Crippen LogP contribution >= 0.6 is 0 Å². The van der Waals surface area contributed by atoms with Crippen LogP contribution in [0.2, 0.25) is 0 Å². The van der Waals surface area contributed by atoms with Gasteiger partial charge < -0.3 is 10.1 Å². The van der Waals surface area contributed by atoms with Crippen molar-refractivity contribution in [1.29, 1.82) is 0 Å². The molecule has 0 unspecified atom stereocenters. The quantitative estimate of drug-likeness (QED) is 0.482. The maximum Gasteiger partial charge on any atom is 0.338 e. The van der Waals surface area contributed by atoms with Gasteiger partial charge in [-0.15, -0.1) is 0 Å². The number of ether oxygens (including phenoxy) is 1. The van der Waals surface area contributed by atoms with Crippen molar-refractivity contribution in [2.45, 2.75) is 43.5 Å². The fourth-order valence-electron chi connectivity index (χ4n) is 3.56. The van der Waals surface area contributed by atoms with Crippen LogP contribution in [0.4, 0.5) is 0 Å². The molecule has 2 aromatic carbocycles. The molecule has 0 bridgehead atoms. The lowest BCUT2D eigenvalue weighted by Crippen LogP contribution is -2.31. The molecule has 168 valence electrons. The highest BCUT2D eigenvalue weighted by molar-refractivity contribution is 7.90. The molecular weight excluding hydrogens is 432 g/mol. The molecule has 0 aromatic heterocycles. The van der Waals surface area contributed by atoms with Crippen LogP contribution in [-0.4, -0.2) is 49.7 Å².